The van der Waals surface area contributed by atoms with Crippen LogP contribution in [0.1, 0.15) is 5.56 Å². The maximum atomic E-state index is 12.7. The number of hydrogen-bond acceptors (Lipinski definition) is 2. The van der Waals surface area contributed by atoms with E-state index in [0.29, 0.717) is 12.1 Å². The summed E-state index contributed by atoms with van der Waals surface area (Å²) in [4.78, 5) is 0. The van der Waals surface area contributed by atoms with E-state index in [1.165, 1.54) is 12.1 Å². The average molecular weight is 316 g/mol. The molecule has 0 aliphatic carbocycles. The van der Waals surface area contributed by atoms with Crippen molar-refractivity contribution in [2.45, 2.75) is 18.8 Å². The van der Waals surface area contributed by atoms with Crippen LogP contribution in [0.25, 0.3) is 0 Å². The van der Waals surface area contributed by atoms with Gasteiger partial charge in [-0.25, -0.2) is 0 Å². The highest BCUT2D eigenvalue weighted by molar-refractivity contribution is 5.43. The van der Waals surface area contributed by atoms with E-state index < -0.39 is 18.0 Å². The molecule has 2 rings (SSSR count). The Bertz CT molecular complexity index is 596. The molecule has 2 aromatic rings. The zero-order chi connectivity index (χ0) is 16.2. The fourth-order valence-electron chi connectivity index (χ4n) is 1.59. The Morgan fingerprint density at radius 1 is 0.909 bits per heavy atom. The second kappa shape index (κ2) is 6.21. The van der Waals surface area contributed by atoms with Crippen molar-refractivity contribution < 1.29 is 26.7 Å². The lowest BCUT2D eigenvalue weighted by molar-refractivity contribution is -0.360. The maximum absolute atomic E-state index is 12.7. The number of nitrogens with one attached hydrogen (secondary N) is 1. The van der Waals surface area contributed by atoms with E-state index in [9.17, 15) is 22.0 Å². The van der Waals surface area contributed by atoms with E-state index in [-0.39, 0.29) is 0 Å². The number of ether oxygens (including phenoxy) is 1. The standard InChI is InChI=1S/C15H11F5NO/c16-14(17,18)15(19,20)22-13-8-6-11(7-9-13)10-21-12-4-2-1-3-5-12/h2-9,21H,10H2. The Morgan fingerprint density at radius 3 is 2.05 bits per heavy atom. The monoisotopic (exact) mass is 316 g/mol. The van der Waals surface area contributed by atoms with E-state index >= 15 is 0 Å². The van der Waals surface area contributed by atoms with Crippen LogP contribution in [0, 0.1) is 6.07 Å². The van der Waals surface area contributed by atoms with Crippen molar-refractivity contribution in [3.8, 4) is 5.75 Å². The molecule has 1 N–H and O–H groups in total. The zero-order valence-corrected chi connectivity index (χ0v) is 11.1. The van der Waals surface area contributed by atoms with Gasteiger partial charge >= 0.3 is 12.3 Å². The molecule has 0 spiro atoms. The summed E-state index contributed by atoms with van der Waals surface area (Å²) < 4.78 is 65.2. The van der Waals surface area contributed by atoms with Gasteiger partial charge in [-0.15, -0.1) is 0 Å². The van der Waals surface area contributed by atoms with Crippen molar-refractivity contribution in [2.24, 2.45) is 0 Å². The molecule has 117 valence electrons. The molecule has 0 saturated carbocycles. The minimum absolute atomic E-state index is 0.389. The fourth-order valence-corrected chi connectivity index (χ4v) is 1.59. The van der Waals surface area contributed by atoms with Crippen LogP contribution in [-0.4, -0.2) is 12.3 Å². The van der Waals surface area contributed by atoms with Gasteiger partial charge in [0.2, 0.25) is 0 Å². The lowest BCUT2D eigenvalue weighted by Gasteiger charge is -2.20. The summed E-state index contributed by atoms with van der Waals surface area (Å²) in [6, 6.07) is 14.8. The third-order valence-corrected chi connectivity index (χ3v) is 2.71. The fraction of sp³-hybridized carbons (Fsp3) is 0.200. The first-order valence-electron chi connectivity index (χ1n) is 6.20. The van der Waals surface area contributed by atoms with Crippen LogP contribution in [0.4, 0.5) is 27.6 Å². The molecule has 0 aromatic heterocycles. The number of anilines is 1. The van der Waals surface area contributed by atoms with Crippen LogP contribution < -0.4 is 10.1 Å². The molecule has 7 heteroatoms. The summed E-state index contributed by atoms with van der Waals surface area (Å²) in [7, 11) is 0. The first kappa shape index (κ1) is 16.1. The van der Waals surface area contributed by atoms with E-state index in [2.05, 4.69) is 16.1 Å². The lowest BCUT2D eigenvalue weighted by Crippen LogP contribution is -2.41. The number of halogens is 5. The Morgan fingerprint density at radius 2 is 1.50 bits per heavy atom. The molecule has 22 heavy (non-hydrogen) atoms. The molecule has 0 atom stereocenters. The molecule has 0 aliphatic rings. The van der Waals surface area contributed by atoms with Crippen LogP contribution in [0.2, 0.25) is 0 Å². The molecule has 0 bridgehead atoms. The summed E-state index contributed by atoms with van der Waals surface area (Å²) in [5.74, 6) is -0.555. The van der Waals surface area contributed by atoms with Gasteiger partial charge in [0.25, 0.3) is 0 Å². The molecule has 0 fully saturated rings. The zero-order valence-electron chi connectivity index (χ0n) is 11.1. The van der Waals surface area contributed by atoms with Gasteiger partial charge in [0.15, 0.2) is 0 Å². The first-order chi connectivity index (χ1) is 10.3. The average Bonchev–Trinajstić information content (AvgIpc) is 2.46. The largest absolute Gasteiger partial charge is 0.499 e. The van der Waals surface area contributed by atoms with Crippen LogP contribution in [-0.2, 0) is 6.54 Å². The number of hydrogen-bond donors (Lipinski definition) is 1. The minimum atomic E-state index is -5.75. The van der Waals surface area contributed by atoms with E-state index in [4.69, 9.17) is 0 Å². The van der Waals surface area contributed by atoms with Gasteiger partial charge in [-0.05, 0) is 35.9 Å². The summed E-state index contributed by atoms with van der Waals surface area (Å²) >= 11 is 0. The van der Waals surface area contributed by atoms with E-state index in [0.717, 1.165) is 17.8 Å². The Labute approximate surface area is 123 Å². The highest BCUT2D eigenvalue weighted by Gasteiger charge is 2.61. The molecule has 1 radical (unpaired) electrons. The van der Waals surface area contributed by atoms with Gasteiger partial charge in [0.1, 0.15) is 5.75 Å². The summed E-state index contributed by atoms with van der Waals surface area (Å²) in [6.45, 7) is 0.389. The second-order valence-electron chi connectivity index (χ2n) is 4.40. The molecule has 0 heterocycles. The third-order valence-electron chi connectivity index (χ3n) is 2.71. The molecule has 2 aromatic carbocycles. The van der Waals surface area contributed by atoms with Gasteiger partial charge in [-0.2, -0.15) is 22.0 Å². The molecule has 2 nitrogen and oxygen atoms in total. The predicted octanol–water partition coefficient (Wildman–Crippen LogP) is 4.63. The van der Waals surface area contributed by atoms with Crippen LogP contribution in [0.15, 0.2) is 48.5 Å². The smallest absolute Gasteiger partial charge is 0.426 e. The first-order valence-corrected chi connectivity index (χ1v) is 6.20. The van der Waals surface area contributed by atoms with Crippen molar-refractivity contribution in [3.63, 3.8) is 0 Å². The molecule has 0 aliphatic heterocycles. The summed E-state index contributed by atoms with van der Waals surface area (Å²) in [5, 5.41) is 3.06. The topological polar surface area (TPSA) is 21.3 Å². The molecule has 0 amide bonds. The van der Waals surface area contributed by atoms with Crippen LogP contribution >= 0.6 is 0 Å². The van der Waals surface area contributed by atoms with Crippen LogP contribution in [0.3, 0.4) is 0 Å². The molecular weight excluding hydrogens is 305 g/mol. The number of rotatable bonds is 5. The Balaban J connectivity index is 1.96. The van der Waals surface area contributed by atoms with Crippen LogP contribution in [0.5, 0.6) is 5.75 Å². The molecular formula is C15H11F5NO. The van der Waals surface area contributed by atoms with Gasteiger partial charge in [0.05, 0.1) is 0 Å². The normalized spacial score (nSPS) is 12.0. The van der Waals surface area contributed by atoms with Gasteiger partial charge in [0, 0.05) is 12.2 Å². The summed E-state index contributed by atoms with van der Waals surface area (Å²) in [5.41, 5.74) is 1.54. The van der Waals surface area contributed by atoms with Crippen molar-refractivity contribution in [1.82, 2.24) is 0 Å². The molecule has 0 unspecified atom stereocenters. The molecule has 0 saturated heterocycles. The van der Waals surface area contributed by atoms with Crippen molar-refractivity contribution in [2.75, 3.05) is 5.32 Å². The highest BCUT2D eigenvalue weighted by atomic mass is 19.4. The van der Waals surface area contributed by atoms with Gasteiger partial charge in [-0.1, -0.05) is 24.3 Å². The SMILES string of the molecule is FC(F)(F)C(F)(F)Oc1ccc(CNc2cc[c]cc2)cc1. The third kappa shape index (κ3) is 4.09. The maximum Gasteiger partial charge on any atom is 0.499 e. The van der Waals surface area contributed by atoms with E-state index in [1.54, 1.807) is 24.3 Å². The van der Waals surface area contributed by atoms with Gasteiger partial charge < -0.3 is 10.1 Å². The van der Waals surface area contributed by atoms with Crippen molar-refractivity contribution >= 4 is 5.69 Å². The predicted molar refractivity (Wildman–Crippen MR) is 70.7 cm³/mol. The quantitative estimate of drug-likeness (QED) is 0.812. The second-order valence-corrected chi connectivity index (χ2v) is 4.40. The highest BCUT2D eigenvalue weighted by Crippen LogP contribution is 2.37. The number of benzene rings is 2. The Hall–Kier alpha value is -2.31. The summed E-state index contributed by atoms with van der Waals surface area (Å²) in [6.07, 6.45) is -11.0. The van der Waals surface area contributed by atoms with Gasteiger partial charge in [-0.3, -0.25) is 0 Å². The lowest BCUT2D eigenvalue weighted by atomic mass is 10.2. The minimum Gasteiger partial charge on any atom is -0.426 e. The van der Waals surface area contributed by atoms with E-state index in [1.807, 2.05) is 0 Å². The van der Waals surface area contributed by atoms with Crippen molar-refractivity contribution in [3.05, 3.63) is 60.2 Å². The van der Waals surface area contributed by atoms with Crippen molar-refractivity contribution in [1.29, 1.82) is 0 Å². The number of alkyl halides is 5. The Kier molecular flexibility index (Phi) is 4.54.